The van der Waals surface area contributed by atoms with Gasteiger partial charge in [0.1, 0.15) is 0 Å². The Morgan fingerprint density at radius 2 is 1.73 bits per heavy atom. The molecule has 0 bridgehead atoms. The van der Waals surface area contributed by atoms with E-state index >= 15 is 0 Å². The fraction of sp³-hybridized carbons (Fsp3) is 0.611. The van der Waals surface area contributed by atoms with Crippen LogP contribution in [0.2, 0.25) is 0 Å². The van der Waals surface area contributed by atoms with E-state index in [4.69, 9.17) is 10.5 Å². The van der Waals surface area contributed by atoms with Gasteiger partial charge in [-0.2, -0.15) is 0 Å². The standard InChI is InChI=1S/C18H28N2O2/c1-13(2)15-4-6-16(7-5-15)14(3)20-17(21)18(12-19)8-10-22-11-9-18/h4-7,13-14H,8-12,19H2,1-3H3,(H,20,21). The van der Waals surface area contributed by atoms with Crippen molar-refractivity contribution >= 4 is 5.91 Å². The Kier molecular flexibility index (Phi) is 5.59. The lowest BCUT2D eigenvalue weighted by atomic mass is 9.79. The molecule has 1 aliphatic rings. The van der Waals surface area contributed by atoms with Gasteiger partial charge in [-0.3, -0.25) is 4.79 Å². The van der Waals surface area contributed by atoms with Crippen LogP contribution in [-0.4, -0.2) is 25.7 Å². The summed E-state index contributed by atoms with van der Waals surface area (Å²) < 4.78 is 5.37. The van der Waals surface area contributed by atoms with Crippen LogP contribution in [0.15, 0.2) is 24.3 Å². The highest BCUT2D eigenvalue weighted by atomic mass is 16.5. The highest BCUT2D eigenvalue weighted by Crippen LogP contribution is 2.30. The lowest BCUT2D eigenvalue weighted by molar-refractivity contribution is -0.136. The average Bonchev–Trinajstić information content (AvgIpc) is 2.55. The Labute approximate surface area is 133 Å². The van der Waals surface area contributed by atoms with E-state index in [9.17, 15) is 4.79 Å². The van der Waals surface area contributed by atoms with Crippen molar-refractivity contribution in [3.63, 3.8) is 0 Å². The zero-order valence-electron chi connectivity index (χ0n) is 13.9. The highest BCUT2D eigenvalue weighted by molar-refractivity contribution is 5.83. The third kappa shape index (κ3) is 3.68. The van der Waals surface area contributed by atoms with Crippen LogP contribution in [0.5, 0.6) is 0 Å². The lowest BCUT2D eigenvalue weighted by Gasteiger charge is -2.35. The summed E-state index contributed by atoms with van der Waals surface area (Å²) in [5, 5.41) is 3.13. The summed E-state index contributed by atoms with van der Waals surface area (Å²) in [4.78, 5) is 12.7. The van der Waals surface area contributed by atoms with Gasteiger partial charge in [0.05, 0.1) is 11.5 Å². The van der Waals surface area contributed by atoms with Gasteiger partial charge in [0.25, 0.3) is 0 Å². The molecule has 4 heteroatoms. The fourth-order valence-electron chi connectivity index (χ4n) is 2.89. The maximum absolute atomic E-state index is 12.7. The molecule has 1 unspecified atom stereocenters. The molecule has 122 valence electrons. The second-order valence-electron chi connectivity index (χ2n) is 6.61. The van der Waals surface area contributed by atoms with Gasteiger partial charge in [0.2, 0.25) is 5.91 Å². The summed E-state index contributed by atoms with van der Waals surface area (Å²) in [6.07, 6.45) is 1.41. The second kappa shape index (κ2) is 7.25. The van der Waals surface area contributed by atoms with Gasteiger partial charge in [-0.1, -0.05) is 38.1 Å². The Bertz CT molecular complexity index is 490. The zero-order chi connectivity index (χ0) is 16.2. The molecule has 3 N–H and O–H groups in total. The van der Waals surface area contributed by atoms with Crippen LogP contribution < -0.4 is 11.1 Å². The largest absolute Gasteiger partial charge is 0.381 e. The van der Waals surface area contributed by atoms with Crippen LogP contribution in [0.3, 0.4) is 0 Å². The molecule has 1 aliphatic heterocycles. The molecule has 4 nitrogen and oxygen atoms in total. The third-order valence-corrected chi connectivity index (χ3v) is 4.77. The molecule has 0 aromatic heterocycles. The SMILES string of the molecule is CC(C)c1ccc(C(C)NC(=O)C2(CN)CCOCC2)cc1. The van der Waals surface area contributed by atoms with Gasteiger partial charge in [0, 0.05) is 19.8 Å². The van der Waals surface area contributed by atoms with Gasteiger partial charge in [-0.15, -0.1) is 0 Å². The summed E-state index contributed by atoms with van der Waals surface area (Å²) in [5.74, 6) is 0.570. The van der Waals surface area contributed by atoms with Crippen molar-refractivity contribution in [1.82, 2.24) is 5.32 Å². The fourth-order valence-corrected chi connectivity index (χ4v) is 2.89. The predicted octanol–water partition coefficient (Wildman–Crippen LogP) is 2.74. The van der Waals surface area contributed by atoms with E-state index in [0.29, 0.717) is 38.5 Å². The monoisotopic (exact) mass is 304 g/mol. The first-order valence-corrected chi connectivity index (χ1v) is 8.17. The average molecular weight is 304 g/mol. The summed E-state index contributed by atoms with van der Waals surface area (Å²) in [6, 6.07) is 8.45. The minimum absolute atomic E-state index is 0.0139. The summed E-state index contributed by atoms with van der Waals surface area (Å²) in [5.41, 5.74) is 7.85. The van der Waals surface area contributed by atoms with Gasteiger partial charge in [-0.25, -0.2) is 0 Å². The van der Waals surface area contributed by atoms with E-state index in [1.165, 1.54) is 5.56 Å². The minimum Gasteiger partial charge on any atom is -0.381 e. The van der Waals surface area contributed by atoms with E-state index in [0.717, 1.165) is 5.56 Å². The van der Waals surface area contributed by atoms with Crippen molar-refractivity contribution in [2.75, 3.05) is 19.8 Å². The molecular formula is C18H28N2O2. The smallest absolute Gasteiger partial charge is 0.228 e. The van der Waals surface area contributed by atoms with Crippen LogP contribution in [0.1, 0.15) is 56.7 Å². The highest BCUT2D eigenvalue weighted by Gasteiger charge is 2.39. The molecule has 0 spiro atoms. The molecule has 1 fully saturated rings. The van der Waals surface area contributed by atoms with E-state index < -0.39 is 5.41 Å². The lowest BCUT2D eigenvalue weighted by Crippen LogP contribution is -2.49. The molecule has 0 saturated carbocycles. The van der Waals surface area contributed by atoms with E-state index in [2.05, 4.69) is 43.4 Å². The molecule has 22 heavy (non-hydrogen) atoms. The molecule has 0 aliphatic carbocycles. The van der Waals surface area contributed by atoms with Gasteiger partial charge < -0.3 is 15.8 Å². The van der Waals surface area contributed by atoms with Crippen molar-refractivity contribution in [2.45, 2.75) is 45.6 Å². The first-order valence-electron chi connectivity index (χ1n) is 8.17. The summed E-state index contributed by atoms with van der Waals surface area (Å²) >= 11 is 0. The normalized spacial score (nSPS) is 19.0. The van der Waals surface area contributed by atoms with Crippen LogP contribution in [0.4, 0.5) is 0 Å². The van der Waals surface area contributed by atoms with Crippen molar-refractivity contribution in [2.24, 2.45) is 11.1 Å². The molecular weight excluding hydrogens is 276 g/mol. The molecule has 1 atom stereocenters. The number of benzene rings is 1. The Balaban J connectivity index is 2.03. The van der Waals surface area contributed by atoms with Crippen LogP contribution in [0.25, 0.3) is 0 Å². The molecule has 1 saturated heterocycles. The van der Waals surface area contributed by atoms with Gasteiger partial charge in [-0.05, 0) is 36.8 Å². The Morgan fingerprint density at radius 1 is 1.18 bits per heavy atom. The molecule has 1 aromatic rings. The van der Waals surface area contributed by atoms with Crippen LogP contribution in [-0.2, 0) is 9.53 Å². The number of nitrogens with two attached hydrogens (primary N) is 1. The number of amides is 1. The van der Waals surface area contributed by atoms with Crippen LogP contribution in [0, 0.1) is 5.41 Å². The number of nitrogens with one attached hydrogen (secondary N) is 1. The molecule has 2 rings (SSSR count). The minimum atomic E-state index is -0.468. The molecule has 1 amide bonds. The number of hydrogen-bond acceptors (Lipinski definition) is 3. The molecule has 0 radical (unpaired) electrons. The zero-order valence-corrected chi connectivity index (χ0v) is 13.9. The van der Waals surface area contributed by atoms with Gasteiger partial charge >= 0.3 is 0 Å². The third-order valence-electron chi connectivity index (χ3n) is 4.77. The van der Waals surface area contributed by atoms with Gasteiger partial charge in [0.15, 0.2) is 0 Å². The van der Waals surface area contributed by atoms with E-state index in [1.54, 1.807) is 0 Å². The second-order valence-corrected chi connectivity index (χ2v) is 6.61. The maximum Gasteiger partial charge on any atom is 0.228 e. The number of hydrogen-bond donors (Lipinski definition) is 2. The van der Waals surface area contributed by atoms with Crippen molar-refractivity contribution in [3.8, 4) is 0 Å². The number of carbonyl (C=O) groups excluding carboxylic acids is 1. The molecule has 1 aromatic carbocycles. The number of ether oxygens (including phenoxy) is 1. The van der Waals surface area contributed by atoms with Crippen molar-refractivity contribution < 1.29 is 9.53 Å². The maximum atomic E-state index is 12.7. The summed E-state index contributed by atoms with van der Waals surface area (Å²) in [6.45, 7) is 7.98. The number of carbonyl (C=O) groups is 1. The van der Waals surface area contributed by atoms with E-state index in [1.807, 2.05) is 6.92 Å². The van der Waals surface area contributed by atoms with Crippen LogP contribution >= 0.6 is 0 Å². The first kappa shape index (κ1) is 17.0. The quantitative estimate of drug-likeness (QED) is 0.879. The van der Waals surface area contributed by atoms with E-state index in [-0.39, 0.29) is 11.9 Å². The first-order chi connectivity index (χ1) is 10.5. The Hall–Kier alpha value is -1.39. The summed E-state index contributed by atoms with van der Waals surface area (Å²) in [7, 11) is 0. The predicted molar refractivity (Wildman–Crippen MR) is 88.6 cm³/mol. The van der Waals surface area contributed by atoms with Crippen molar-refractivity contribution in [3.05, 3.63) is 35.4 Å². The topological polar surface area (TPSA) is 64.4 Å². The Morgan fingerprint density at radius 3 is 2.23 bits per heavy atom. The number of rotatable bonds is 5. The van der Waals surface area contributed by atoms with Crippen molar-refractivity contribution in [1.29, 1.82) is 0 Å². The molecule has 1 heterocycles.